The summed E-state index contributed by atoms with van der Waals surface area (Å²) >= 11 is 5.88. The van der Waals surface area contributed by atoms with Crippen molar-refractivity contribution in [3.63, 3.8) is 0 Å². The van der Waals surface area contributed by atoms with Crippen LogP contribution in [0.2, 0.25) is 5.02 Å². The summed E-state index contributed by atoms with van der Waals surface area (Å²) < 4.78 is 13.4. The Labute approximate surface area is 155 Å². The number of anilines is 1. The predicted octanol–water partition coefficient (Wildman–Crippen LogP) is 4.64. The topological polar surface area (TPSA) is 45.2 Å². The number of fused-ring (bicyclic) bond motifs is 1. The molecule has 4 nitrogen and oxygen atoms in total. The summed E-state index contributed by atoms with van der Waals surface area (Å²) in [6, 6.07) is 17.6. The number of amides is 1. The third-order valence-electron chi connectivity index (χ3n) is 4.32. The van der Waals surface area contributed by atoms with Crippen LogP contribution in [0.1, 0.15) is 27.8 Å². The Morgan fingerprint density at radius 2 is 1.92 bits per heavy atom. The highest BCUT2D eigenvalue weighted by molar-refractivity contribution is 6.31. The monoisotopic (exact) mass is 367 g/mol. The van der Waals surface area contributed by atoms with Gasteiger partial charge in [-0.25, -0.2) is 4.39 Å². The van der Waals surface area contributed by atoms with Crippen molar-refractivity contribution >= 4 is 23.2 Å². The third-order valence-corrected chi connectivity index (χ3v) is 4.61. The number of aromatic nitrogens is 1. The van der Waals surface area contributed by atoms with Crippen molar-refractivity contribution in [2.45, 2.75) is 12.7 Å². The number of pyridine rings is 1. The average Bonchev–Trinajstić information content (AvgIpc) is 2.92. The number of nitrogens with zero attached hydrogens (tertiary/aromatic N) is 2. The fourth-order valence-electron chi connectivity index (χ4n) is 3.07. The van der Waals surface area contributed by atoms with Gasteiger partial charge < -0.3 is 10.2 Å². The van der Waals surface area contributed by atoms with Crippen LogP contribution in [0.25, 0.3) is 0 Å². The van der Waals surface area contributed by atoms with Crippen LogP contribution in [-0.2, 0) is 6.54 Å². The molecular weight excluding hydrogens is 353 g/mol. The highest BCUT2D eigenvalue weighted by Gasteiger charge is 2.37. The summed E-state index contributed by atoms with van der Waals surface area (Å²) in [6.07, 6.45) is 1.20. The molecule has 26 heavy (non-hydrogen) atoms. The summed E-state index contributed by atoms with van der Waals surface area (Å²) in [5, 5.41) is 3.28. The number of nitrogens with one attached hydrogen (secondary N) is 1. The minimum Gasteiger partial charge on any atom is -0.360 e. The molecule has 0 spiro atoms. The lowest BCUT2D eigenvalue weighted by Gasteiger charge is -2.26. The number of benzene rings is 2. The molecule has 0 fully saturated rings. The Morgan fingerprint density at radius 1 is 1.12 bits per heavy atom. The quantitative estimate of drug-likeness (QED) is 0.730. The SMILES string of the molecule is O=C1c2cccnc2C(Nc2ccc(F)c(Cl)c2)N1Cc1ccccc1. The van der Waals surface area contributed by atoms with Crippen molar-refractivity contribution in [3.8, 4) is 0 Å². The van der Waals surface area contributed by atoms with Crippen LogP contribution in [-0.4, -0.2) is 15.8 Å². The van der Waals surface area contributed by atoms with Crippen molar-refractivity contribution in [2.24, 2.45) is 0 Å². The van der Waals surface area contributed by atoms with E-state index in [0.29, 0.717) is 23.5 Å². The maximum Gasteiger partial charge on any atom is 0.258 e. The van der Waals surface area contributed by atoms with Gasteiger partial charge >= 0.3 is 0 Å². The second-order valence-electron chi connectivity index (χ2n) is 6.03. The summed E-state index contributed by atoms with van der Waals surface area (Å²) in [7, 11) is 0. The fraction of sp³-hybridized carbons (Fsp3) is 0.100. The number of carbonyl (C=O) groups excluding carboxylic acids is 1. The van der Waals surface area contributed by atoms with Crippen LogP contribution in [0.15, 0.2) is 66.9 Å². The van der Waals surface area contributed by atoms with Crippen molar-refractivity contribution < 1.29 is 9.18 Å². The van der Waals surface area contributed by atoms with Gasteiger partial charge in [-0.1, -0.05) is 41.9 Å². The predicted molar refractivity (Wildman–Crippen MR) is 98.3 cm³/mol. The zero-order chi connectivity index (χ0) is 18.1. The van der Waals surface area contributed by atoms with Gasteiger partial charge in [-0.2, -0.15) is 0 Å². The van der Waals surface area contributed by atoms with Gasteiger partial charge in [0.05, 0.1) is 16.3 Å². The molecule has 1 atom stereocenters. The van der Waals surface area contributed by atoms with E-state index in [2.05, 4.69) is 10.3 Å². The van der Waals surface area contributed by atoms with E-state index in [1.807, 2.05) is 30.3 Å². The van der Waals surface area contributed by atoms with E-state index >= 15 is 0 Å². The first-order valence-electron chi connectivity index (χ1n) is 8.15. The molecule has 0 saturated heterocycles. The molecular formula is C20H15ClFN3O. The van der Waals surface area contributed by atoms with Gasteiger partial charge in [0.2, 0.25) is 0 Å². The van der Waals surface area contributed by atoms with Crippen LogP contribution >= 0.6 is 11.6 Å². The molecule has 0 saturated carbocycles. The van der Waals surface area contributed by atoms with Crippen LogP contribution in [0.5, 0.6) is 0 Å². The average molecular weight is 368 g/mol. The van der Waals surface area contributed by atoms with E-state index in [4.69, 9.17) is 11.6 Å². The van der Waals surface area contributed by atoms with Gasteiger partial charge in [0.1, 0.15) is 12.0 Å². The molecule has 1 amide bonds. The summed E-state index contributed by atoms with van der Waals surface area (Å²) in [4.78, 5) is 19.0. The van der Waals surface area contributed by atoms with Gasteiger partial charge in [-0.15, -0.1) is 0 Å². The number of rotatable bonds is 4. The van der Waals surface area contributed by atoms with Gasteiger partial charge in [-0.3, -0.25) is 9.78 Å². The third kappa shape index (κ3) is 3.02. The molecule has 2 heterocycles. The molecule has 6 heteroatoms. The van der Waals surface area contributed by atoms with E-state index in [9.17, 15) is 9.18 Å². The van der Waals surface area contributed by atoms with Crippen molar-refractivity contribution in [3.05, 3.63) is 94.5 Å². The van der Waals surface area contributed by atoms with Crippen molar-refractivity contribution in [1.29, 1.82) is 0 Å². The standard InChI is InChI=1S/C20H15ClFN3O/c21-16-11-14(8-9-17(16)22)24-19-18-15(7-4-10-23-18)20(26)25(19)12-13-5-2-1-3-6-13/h1-11,19,24H,12H2. The lowest BCUT2D eigenvalue weighted by atomic mass is 10.2. The molecule has 0 radical (unpaired) electrons. The van der Waals surface area contributed by atoms with E-state index < -0.39 is 12.0 Å². The Balaban J connectivity index is 1.69. The van der Waals surface area contributed by atoms with E-state index in [1.165, 1.54) is 12.1 Å². The van der Waals surface area contributed by atoms with Gasteiger partial charge in [0.15, 0.2) is 0 Å². The van der Waals surface area contributed by atoms with E-state index in [1.54, 1.807) is 29.3 Å². The van der Waals surface area contributed by atoms with E-state index in [-0.39, 0.29) is 10.9 Å². The smallest absolute Gasteiger partial charge is 0.258 e. The lowest BCUT2D eigenvalue weighted by Crippen LogP contribution is -2.32. The van der Waals surface area contributed by atoms with Crippen molar-refractivity contribution in [1.82, 2.24) is 9.88 Å². The Hall–Kier alpha value is -2.92. The Bertz CT molecular complexity index is 964. The fourth-order valence-corrected chi connectivity index (χ4v) is 3.25. The van der Waals surface area contributed by atoms with Crippen LogP contribution in [0, 0.1) is 5.82 Å². The molecule has 0 aliphatic carbocycles. The highest BCUT2D eigenvalue weighted by atomic mass is 35.5. The van der Waals surface area contributed by atoms with Gasteiger partial charge in [0.25, 0.3) is 5.91 Å². The first-order valence-corrected chi connectivity index (χ1v) is 8.52. The molecule has 4 rings (SSSR count). The molecule has 1 aliphatic rings. The van der Waals surface area contributed by atoms with Crippen LogP contribution in [0.3, 0.4) is 0 Å². The van der Waals surface area contributed by atoms with Crippen LogP contribution < -0.4 is 5.32 Å². The second kappa shape index (κ2) is 6.77. The number of halogens is 2. The normalized spacial score (nSPS) is 15.8. The lowest BCUT2D eigenvalue weighted by molar-refractivity contribution is 0.0728. The van der Waals surface area contributed by atoms with Gasteiger partial charge in [0, 0.05) is 18.4 Å². The molecule has 1 aromatic heterocycles. The first kappa shape index (κ1) is 16.5. The minimum atomic E-state index is -0.487. The first-order chi connectivity index (χ1) is 12.6. The Kier molecular flexibility index (Phi) is 4.31. The molecule has 3 aromatic rings. The molecule has 1 aliphatic heterocycles. The largest absolute Gasteiger partial charge is 0.360 e. The molecule has 2 aromatic carbocycles. The number of carbonyl (C=O) groups is 1. The highest BCUT2D eigenvalue weighted by Crippen LogP contribution is 2.34. The maximum absolute atomic E-state index is 13.4. The molecule has 130 valence electrons. The molecule has 0 bridgehead atoms. The minimum absolute atomic E-state index is 0.0233. The number of hydrogen-bond acceptors (Lipinski definition) is 3. The molecule has 1 unspecified atom stereocenters. The van der Waals surface area contributed by atoms with Crippen LogP contribution in [0.4, 0.5) is 10.1 Å². The summed E-state index contributed by atoms with van der Waals surface area (Å²) in [5.74, 6) is -0.581. The summed E-state index contributed by atoms with van der Waals surface area (Å²) in [6.45, 7) is 0.433. The molecule has 1 N–H and O–H groups in total. The second-order valence-corrected chi connectivity index (χ2v) is 6.44. The zero-order valence-electron chi connectivity index (χ0n) is 13.7. The maximum atomic E-state index is 13.4. The Morgan fingerprint density at radius 3 is 2.69 bits per heavy atom. The van der Waals surface area contributed by atoms with E-state index in [0.717, 1.165) is 5.56 Å². The summed E-state index contributed by atoms with van der Waals surface area (Å²) in [5.41, 5.74) is 2.84. The van der Waals surface area contributed by atoms with Crippen molar-refractivity contribution in [2.75, 3.05) is 5.32 Å². The van der Waals surface area contributed by atoms with Gasteiger partial charge in [-0.05, 0) is 35.9 Å². The number of hydrogen-bond donors (Lipinski definition) is 1. The zero-order valence-corrected chi connectivity index (χ0v) is 14.4.